The molecule has 0 spiro atoms. The van der Waals surface area contributed by atoms with Crippen molar-refractivity contribution in [2.45, 2.75) is 45.6 Å². The average Bonchev–Trinajstić information content (AvgIpc) is 3.14. The van der Waals surface area contributed by atoms with Gasteiger partial charge in [0.05, 0.1) is 0 Å². The lowest BCUT2D eigenvalue weighted by atomic mass is 10.1. The number of aromatic nitrogens is 2. The maximum absolute atomic E-state index is 6.17. The van der Waals surface area contributed by atoms with Crippen molar-refractivity contribution < 1.29 is 0 Å². The Labute approximate surface area is 108 Å². The highest BCUT2D eigenvalue weighted by Gasteiger charge is 2.32. The summed E-state index contributed by atoms with van der Waals surface area (Å²) in [7, 11) is 2.11. The van der Waals surface area contributed by atoms with Gasteiger partial charge in [-0.15, -0.1) is 0 Å². The van der Waals surface area contributed by atoms with E-state index in [1.807, 2.05) is 0 Å². The Morgan fingerprint density at radius 2 is 2.18 bits per heavy atom. The fraction of sp³-hybridized carbons (Fsp3) is 0.692. The van der Waals surface area contributed by atoms with Crippen LogP contribution >= 0.6 is 11.6 Å². The SMILES string of the molecule is CCCc1c(Cl)ncnc1N(C)C(C)C1CC1. The molecule has 1 heterocycles. The molecule has 1 aromatic heterocycles. The highest BCUT2D eigenvalue weighted by molar-refractivity contribution is 6.30. The Balaban J connectivity index is 2.26. The Kier molecular flexibility index (Phi) is 3.87. The minimum atomic E-state index is 0.538. The van der Waals surface area contributed by atoms with Gasteiger partial charge >= 0.3 is 0 Å². The van der Waals surface area contributed by atoms with Gasteiger partial charge in [0.25, 0.3) is 0 Å². The molecule has 94 valence electrons. The van der Waals surface area contributed by atoms with Crippen molar-refractivity contribution in [1.82, 2.24) is 9.97 Å². The smallest absolute Gasteiger partial charge is 0.137 e. The van der Waals surface area contributed by atoms with Gasteiger partial charge in [-0.3, -0.25) is 0 Å². The summed E-state index contributed by atoms with van der Waals surface area (Å²) in [5.74, 6) is 1.83. The van der Waals surface area contributed by atoms with E-state index in [4.69, 9.17) is 11.6 Å². The number of anilines is 1. The van der Waals surface area contributed by atoms with Gasteiger partial charge in [-0.2, -0.15) is 0 Å². The van der Waals surface area contributed by atoms with Gasteiger partial charge < -0.3 is 4.90 Å². The van der Waals surface area contributed by atoms with Crippen molar-refractivity contribution in [1.29, 1.82) is 0 Å². The molecule has 0 amide bonds. The van der Waals surface area contributed by atoms with Crippen LogP contribution in [0.3, 0.4) is 0 Å². The van der Waals surface area contributed by atoms with E-state index in [-0.39, 0.29) is 0 Å². The van der Waals surface area contributed by atoms with E-state index in [0.29, 0.717) is 11.2 Å². The summed E-state index contributed by atoms with van der Waals surface area (Å²) in [5.41, 5.74) is 1.09. The first-order valence-electron chi connectivity index (χ1n) is 6.37. The van der Waals surface area contributed by atoms with Crippen molar-refractivity contribution in [3.63, 3.8) is 0 Å². The summed E-state index contributed by atoms with van der Waals surface area (Å²) < 4.78 is 0. The molecule has 0 N–H and O–H groups in total. The number of hydrogen-bond donors (Lipinski definition) is 0. The van der Waals surface area contributed by atoms with Gasteiger partial charge in [0.2, 0.25) is 0 Å². The van der Waals surface area contributed by atoms with Crippen molar-refractivity contribution in [2.75, 3.05) is 11.9 Å². The molecule has 0 aromatic carbocycles. The standard InChI is InChI=1S/C13H20ClN3/c1-4-5-11-12(14)15-8-16-13(11)17(3)9(2)10-6-7-10/h8-10H,4-7H2,1-3H3. The Hall–Kier alpha value is -0.830. The number of halogens is 1. The highest BCUT2D eigenvalue weighted by atomic mass is 35.5. The molecule has 1 aliphatic rings. The van der Waals surface area contributed by atoms with Crippen molar-refractivity contribution in [2.24, 2.45) is 5.92 Å². The molecule has 1 atom stereocenters. The van der Waals surface area contributed by atoms with Gasteiger partial charge in [0, 0.05) is 18.7 Å². The second-order valence-electron chi connectivity index (χ2n) is 4.91. The first-order valence-corrected chi connectivity index (χ1v) is 6.75. The molecule has 1 aliphatic carbocycles. The zero-order valence-electron chi connectivity index (χ0n) is 10.8. The van der Waals surface area contributed by atoms with Gasteiger partial charge in [0.15, 0.2) is 0 Å². The van der Waals surface area contributed by atoms with Crippen LogP contribution in [0.4, 0.5) is 5.82 Å². The maximum Gasteiger partial charge on any atom is 0.137 e. The third-order valence-electron chi connectivity index (χ3n) is 3.62. The summed E-state index contributed by atoms with van der Waals surface area (Å²) in [6, 6.07) is 0.538. The second kappa shape index (κ2) is 5.21. The van der Waals surface area contributed by atoms with Crippen LogP contribution in [0, 0.1) is 5.92 Å². The Bertz CT molecular complexity index is 390. The molecule has 17 heavy (non-hydrogen) atoms. The lowest BCUT2D eigenvalue weighted by molar-refractivity contribution is 0.600. The van der Waals surface area contributed by atoms with E-state index < -0.39 is 0 Å². The molecule has 4 heteroatoms. The van der Waals surface area contributed by atoms with Crippen LogP contribution in [0.15, 0.2) is 6.33 Å². The van der Waals surface area contributed by atoms with Crippen LogP contribution in [0.5, 0.6) is 0 Å². The molecule has 1 saturated carbocycles. The van der Waals surface area contributed by atoms with E-state index in [9.17, 15) is 0 Å². The minimum absolute atomic E-state index is 0.538. The van der Waals surface area contributed by atoms with Crippen LogP contribution < -0.4 is 4.90 Å². The topological polar surface area (TPSA) is 29.0 Å². The third kappa shape index (κ3) is 2.71. The molecular weight excluding hydrogens is 234 g/mol. The first kappa shape index (κ1) is 12.6. The normalized spacial score (nSPS) is 16.9. The predicted molar refractivity (Wildman–Crippen MR) is 71.6 cm³/mol. The molecule has 0 aliphatic heterocycles. The quantitative estimate of drug-likeness (QED) is 0.754. The lowest BCUT2D eigenvalue weighted by Crippen LogP contribution is -2.32. The largest absolute Gasteiger partial charge is 0.356 e. The maximum atomic E-state index is 6.17. The molecule has 0 radical (unpaired) electrons. The van der Waals surface area contributed by atoms with E-state index in [2.05, 4.69) is 35.8 Å². The van der Waals surface area contributed by atoms with Gasteiger partial charge in [0.1, 0.15) is 17.3 Å². The Morgan fingerprint density at radius 1 is 1.47 bits per heavy atom. The van der Waals surface area contributed by atoms with Gasteiger partial charge in [-0.05, 0) is 32.1 Å². The molecule has 0 bridgehead atoms. The lowest BCUT2D eigenvalue weighted by Gasteiger charge is -2.27. The molecule has 2 rings (SSSR count). The third-order valence-corrected chi connectivity index (χ3v) is 3.94. The molecular formula is C13H20ClN3. The summed E-state index contributed by atoms with van der Waals surface area (Å²) in [6.45, 7) is 4.42. The number of nitrogens with zero attached hydrogens (tertiary/aromatic N) is 3. The fourth-order valence-corrected chi connectivity index (χ4v) is 2.46. The van der Waals surface area contributed by atoms with E-state index in [1.165, 1.54) is 12.8 Å². The molecule has 1 unspecified atom stereocenters. The van der Waals surface area contributed by atoms with Crippen molar-refractivity contribution in [3.8, 4) is 0 Å². The summed E-state index contributed by atoms with van der Waals surface area (Å²) >= 11 is 6.17. The van der Waals surface area contributed by atoms with Crippen LogP contribution in [-0.4, -0.2) is 23.1 Å². The zero-order chi connectivity index (χ0) is 12.4. The molecule has 1 aromatic rings. The summed E-state index contributed by atoms with van der Waals surface area (Å²) in [6.07, 6.45) is 6.25. The number of hydrogen-bond acceptors (Lipinski definition) is 3. The van der Waals surface area contributed by atoms with Gasteiger partial charge in [-0.25, -0.2) is 9.97 Å². The van der Waals surface area contributed by atoms with Crippen LogP contribution in [0.1, 0.15) is 38.7 Å². The van der Waals surface area contributed by atoms with E-state index in [0.717, 1.165) is 30.1 Å². The molecule has 3 nitrogen and oxygen atoms in total. The van der Waals surface area contributed by atoms with Gasteiger partial charge in [-0.1, -0.05) is 24.9 Å². The van der Waals surface area contributed by atoms with Crippen molar-refractivity contribution in [3.05, 3.63) is 17.0 Å². The molecule has 0 saturated heterocycles. The summed E-state index contributed by atoms with van der Waals surface area (Å²) in [4.78, 5) is 10.8. The second-order valence-corrected chi connectivity index (χ2v) is 5.26. The minimum Gasteiger partial charge on any atom is -0.356 e. The number of rotatable bonds is 5. The van der Waals surface area contributed by atoms with Crippen LogP contribution in [0.2, 0.25) is 5.15 Å². The summed E-state index contributed by atoms with van der Waals surface area (Å²) in [5, 5.41) is 0.603. The van der Waals surface area contributed by atoms with E-state index >= 15 is 0 Å². The predicted octanol–water partition coefficient (Wildman–Crippen LogP) is 3.32. The highest BCUT2D eigenvalue weighted by Crippen LogP contribution is 2.37. The fourth-order valence-electron chi connectivity index (χ4n) is 2.24. The Morgan fingerprint density at radius 3 is 2.76 bits per heavy atom. The van der Waals surface area contributed by atoms with E-state index in [1.54, 1.807) is 6.33 Å². The monoisotopic (exact) mass is 253 g/mol. The zero-order valence-corrected chi connectivity index (χ0v) is 11.5. The first-order chi connectivity index (χ1) is 8.15. The van der Waals surface area contributed by atoms with Crippen LogP contribution in [-0.2, 0) is 6.42 Å². The molecule has 1 fully saturated rings. The van der Waals surface area contributed by atoms with Crippen molar-refractivity contribution >= 4 is 17.4 Å². The average molecular weight is 254 g/mol. The van der Waals surface area contributed by atoms with Crippen LogP contribution in [0.25, 0.3) is 0 Å².